The Hall–Kier alpha value is -1.93. The van der Waals surface area contributed by atoms with E-state index in [9.17, 15) is 13.2 Å². The van der Waals surface area contributed by atoms with Crippen molar-refractivity contribution >= 4 is 27.0 Å². The van der Waals surface area contributed by atoms with E-state index in [0.29, 0.717) is 37.6 Å². The van der Waals surface area contributed by atoms with E-state index in [0.717, 1.165) is 18.4 Å². The smallest absolute Gasteiger partial charge is 0.243 e. The fourth-order valence-corrected chi connectivity index (χ4v) is 5.70. The van der Waals surface area contributed by atoms with Crippen molar-refractivity contribution in [2.75, 3.05) is 13.1 Å². The summed E-state index contributed by atoms with van der Waals surface area (Å²) in [6, 6.07) is 5.33. The van der Waals surface area contributed by atoms with Gasteiger partial charge >= 0.3 is 0 Å². The topological polar surface area (TPSA) is 84.3 Å². The molecule has 30 heavy (non-hydrogen) atoms. The molecule has 1 N–H and O–H groups in total. The number of hydrogen-bond donors (Lipinski definition) is 1. The van der Waals surface area contributed by atoms with E-state index >= 15 is 0 Å². The molecule has 2 aromatic rings. The average molecular weight is 435 g/mol. The van der Waals surface area contributed by atoms with Gasteiger partial charge in [-0.25, -0.2) is 13.4 Å². The van der Waals surface area contributed by atoms with Crippen molar-refractivity contribution in [3.05, 3.63) is 24.5 Å². The van der Waals surface area contributed by atoms with Crippen LogP contribution in [0.15, 0.2) is 29.4 Å². The van der Waals surface area contributed by atoms with Gasteiger partial charge in [-0.1, -0.05) is 46.0 Å². The first kappa shape index (κ1) is 22.7. The number of carbonyl (C=O) groups is 1. The van der Waals surface area contributed by atoms with Gasteiger partial charge in [0, 0.05) is 32.1 Å². The molecule has 0 atom stereocenters. The van der Waals surface area contributed by atoms with Crippen LogP contribution in [0.25, 0.3) is 11.0 Å². The van der Waals surface area contributed by atoms with Crippen LogP contribution in [0.2, 0.25) is 0 Å². The number of hydrogen-bond acceptors (Lipinski definition) is 4. The molecule has 0 unspecified atom stereocenters. The molecular weight excluding hydrogens is 400 g/mol. The lowest BCUT2D eigenvalue weighted by atomic mass is 9.96. The summed E-state index contributed by atoms with van der Waals surface area (Å²) in [5.41, 5.74) is 1.47. The molecule has 1 saturated carbocycles. The second kappa shape index (κ2) is 10.4. The number of sulfonamides is 1. The van der Waals surface area contributed by atoms with Gasteiger partial charge in [0.25, 0.3) is 0 Å². The number of nitrogens with one attached hydrogen (secondary N) is 1. The number of amides is 1. The maximum absolute atomic E-state index is 12.7. The molecule has 1 aliphatic carbocycles. The molecule has 1 fully saturated rings. The van der Waals surface area contributed by atoms with Crippen molar-refractivity contribution in [2.45, 2.75) is 82.7 Å². The number of aromatic nitrogens is 2. The molecule has 1 aliphatic rings. The lowest BCUT2D eigenvalue weighted by Gasteiger charge is -2.21. The molecule has 1 aromatic heterocycles. The number of imidazole rings is 1. The maximum atomic E-state index is 12.7. The van der Waals surface area contributed by atoms with Gasteiger partial charge < -0.3 is 9.88 Å². The van der Waals surface area contributed by atoms with Crippen molar-refractivity contribution in [3.8, 4) is 0 Å². The van der Waals surface area contributed by atoms with Crippen LogP contribution in [-0.2, 0) is 21.4 Å². The van der Waals surface area contributed by atoms with Gasteiger partial charge in [-0.05, 0) is 31.0 Å². The Morgan fingerprint density at radius 3 is 2.47 bits per heavy atom. The molecule has 0 saturated heterocycles. The summed E-state index contributed by atoms with van der Waals surface area (Å²) in [4.78, 5) is 17.1. The Morgan fingerprint density at radius 1 is 1.13 bits per heavy atom. The van der Waals surface area contributed by atoms with Gasteiger partial charge in [0.2, 0.25) is 15.9 Å². The lowest BCUT2D eigenvalue weighted by Crippen LogP contribution is -2.35. The number of aryl methyl sites for hydroxylation is 1. The van der Waals surface area contributed by atoms with Crippen LogP contribution in [0.5, 0.6) is 0 Å². The summed E-state index contributed by atoms with van der Waals surface area (Å²) in [6.45, 7) is 5.05. The number of fused-ring (bicyclic) bond motifs is 1. The van der Waals surface area contributed by atoms with E-state index in [2.05, 4.69) is 10.3 Å². The lowest BCUT2D eigenvalue weighted by molar-refractivity contribution is -0.122. The highest BCUT2D eigenvalue weighted by atomic mass is 32.2. The van der Waals surface area contributed by atoms with Crippen LogP contribution in [0, 0.1) is 0 Å². The molecule has 0 radical (unpaired) electrons. The minimum absolute atomic E-state index is 0.0724. The number of carbonyl (C=O) groups excluding carboxylic acids is 1. The van der Waals surface area contributed by atoms with Gasteiger partial charge in [-0.3, -0.25) is 4.79 Å². The first-order chi connectivity index (χ1) is 14.5. The third kappa shape index (κ3) is 5.40. The normalized spacial score (nSPS) is 16.5. The van der Waals surface area contributed by atoms with Crippen molar-refractivity contribution in [3.63, 3.8) is 0 Å². The van der Waals surface area contributed by atoms with E-state index in [1.807, 2.05) is 18.4 Å². The molecule has 8 heteroatoms. The zero-order valence-corrected chi connectivity index (χ0v) is 19.0. The molecule has 0 aliphatic heterocycles. The van der Waals surface area contributed by atoms with E-state index in [4.69, 9.17) is 0 Å². The van der Waals surface area contributed by atoms with Gasteiger partial charge in [0.05, 0.1) is 22.3 Å². The molecular formula is C22H34N4O3S. The predicted molar refractivity (Wildman–Crippen MR) is 119 cm³/mol. The first-order valence-electron chi connectivity index (χ1n) is 11.2. The van der Waals surface area contributed by atoms with Gasteiger partial charge in [0.15, 0.2) is 0 Å². The molecule has 1 heterocycles. The van der Waals surface area contributed by atoms with Crippen molar-refractivity contribution in [2.24, 2.45) is 0 Å². The van der Waals surface area contributed by atoms with Gasteiger partial charge in [-0.15, -0.1) is 0 Å². The highest BCUT2D eigenvalue weighted by Gasteiger charge is 2.22. The quantitative estimate of drug-likeness (QED) is 0.687. The second-order valence-electron chi connectivity index (χ2n) is 8.04. The van der Waals surface area contributed by atoms with Crippen LogP contribution in [0.4, 0.5) is 0 Å². The summed E-state index contributed by atoms with van der Waals surface area (Å²) in [5, 5.41) is 3.19. The molecule has 1 aromatic carbocycles. The zero-order chi connectivity index (χ0) is 21.6. The number of nitrogens with zero attached hydrogens (tertiary/aromatic N) is 3. The highest BCUT2D eigenvalue weighted by Crippen LogP contribution is 2.22. The van der Waals surface area contributed by atoms with E-state index in [1.54, 1.807) is 24.5 Å². The fourth-order valence-electron chi connectivity index (χ4n) is 4.22. The van der Waals surface area contributed by atoms with Crippen LogP contribution >= 0.6 is 0 Å². The van der Waals surface area contributed by atoms with Crippen LogP contribution < -0.4 is 5.32 Å². The minimum Gasteiger partial charge on any atom is -0.353 e. The molecule has 166 valence electrons. The SMILES string of the molecule is CCN(CC)S(=O)(=O)c1ccc2c(c1)ncn2CCC(=O)NC1CCCCCCC1. The van der Waals surface area contributed by atoms with E-state index < -0.39 is 10.0 Å². The molecule has 7 nitrogen and oxygen atoms in total. The van der Waals surface area contributed by atoms with Crippen LogP contribution in [0.1, 0.15) is 65.2 Å². The largest absolute Gasteiger partial charge is 0.353 e. The molecule has 0 spiro atoms. The second-order valence-corrected chi connectivity index (χ2v) is 9.98. The Morgan fingerprint density at radius 2 is 1.80 bits per heavy atom. The molecule has 1 amide bonds. The monoisotopic (exact) mass is 434 g/mol. The van der Waals surface area contributed by atoms with E-state index in [-0.39, 0.29) is 10.8 Å². The first-order valence-corrected chi connectivity index (χ1v) is 12.6. The number of benzene rings is 1. The summed E-state index contributed by atoms with van der Waals surface area (Å²) in [5.74, 6) is 0.0724. The average Bonchev–Trinajstić information content (AvgIpc) is 3.11. The molecule has 3 rings (SSSR count). The zero-order valence-electron chi connectivity index (χ0n) is 18.1. The van der Waals surface area contributed by atoms with Crippen molar-refractivity contribution < 1.29 is 13.2 Å². The van der Waals surface area contributed by atoms with Gasteiger partial charge in [0.1, 0.15) is 0 Å². The third-order valence-corrected chi connectivity index (χ3v) is 8.03. The minimum atomic E-state index is -3.51. The van der Waals surface area contributed by atoms with Crippen LogP contribution in [-0.4, -0.2) is 47.3 Å². The number of rotatable bonds is 8. The molecule has 0 bridgehead atoms. The Balaban J connectivity index is 1.64. The predicted octanol–water partition coefficient (Wildman–Crippen LogP) is 3.69. The Kier molecular flexibility index (Phi) is 7.88. The summed E-state index contributed by atoms with van der Waals surface area (Å²) in [6.07, 6.45) is 10.4. The Bertz CT molecular complexity index is 942. The summed E-state index contributed by atoms with van der Waals surface area (Å²) < 4.78 is 28.8. The standard InChI is InChI=1S/C22H34N4O3S/c1-3-26(4-2)30(28,29)19-12-13-21-20(16-19)23-17-25(21)15-14-22(27)24-18-10-8-6-5-7-9-11-18/h12-13,16-18H,3-11,14-15H2,1-2H3,(H,24,27). The maximum Gasteiger partial charge on any atom is 0.243 e. The summed E-state index contributed by atoms with van der Waals surface area (Å²) >= 11 is 0. The summed E-state index contributed by atoms with van der Waals surface area (Å²) in [7, 11) is -3.51. The van der Waals surface area contributed by atoms with Crippen LogP contribution in [0.3, 0.4) is 0 Å². The van der Waals surface area contributed by atoms with E-state index in [1.165, 1.54) is 36.4 Å². The fraction of sp³-hybridized carbons (Fsp3) is 0.636. The van der Waals surface area contributed by atoms with Gasteiger partial charge in [-0.2, -0.15) is 4.31 Å². The highest BCUT2D eigenvalue weighted by molar-refractivity contribution is 7.89. The van der Waals surface area contributed by atoms with Crippen molar-refractivity contribution in [1.82, 2.24) is 19.2 Å². The van der Waals surface area contributed by atoms with Crippen molar-refractivity contribution in [1.29, 1.82) is 0 Å². The Labute approximate surface area is 179 Å². The third-order valence-electron chi connectivity index (χ3n) is 5.99.